The second-order valence-electron chi connectivity index (χ2n) is 3.99. The molecular weight excluding hydrogens is 324 g/mol. The summed E-state index contributed by atoms with van der Waals surface area (Å²) in [6.45, 7) is 0.337. The highest BCUT2D eigenvalue weighted by molar-refractivity contribution is 9.10. The van der Waals surface area contributed by atoms with Crippen LogP contribution in [0.2, 0.25) is 0 Å². The maximum absolute atomic E-state index is 5.40. The van der Waals surface area contributed by atoms with Crippen LogP contribution >= 0.6 is 31.9 Å². The van der Waals surface area contributed by atoms with Crippen LogP contribution in [0.25, 0.3) is 0 Å². The first-order chi connectivity index (χ1) is 7.29. The molecular formula is C11H10Br2O2. The zero-order valence-electron chi connectivity index (χ0n) is 8.00. The van der Waals surface area contributed by atoms with E-state index in [4.69, 9.17) is 9.47 Å². The van der Waals surface area contributed by atoms with Crippen LogP contribution < -0.4 is 9.47 Å². The van der Waals surface area contributed by atoms with Crippen LogP contribution in [-0.4, -0.2) is 12.1 Å². The second-order valence-corrected chi connectivity index (χ2v) is 5.49. The van der Waals surface area contributed by atoms with Gasteiger partial charge in [0.25, 0.3) is 0 Å². The number of fused-ring (bicyclic) bond motifs is 1. The lowest BCUT2D eigenvalue weighted by Crippen LogP contribution is -1.93. The molecule has 2 atom stereocenters. The van der Waals surface area contributed by atoms with Gasteiger partial charge in [0.15, 0.2) is 11.5 Å². The molecule has 0 spiro atoms. The Bertz CT molecular complexity index is 406. The Morgan fingerprint density at radius 1 is 1.33 bits per heavy atom. The molecule has 3 rings (SSSR count). The lowest BCUT2D eigenvalue weighted by Gasteiger charge is -2.04. The van der Waals surface area contributed by atoms with Crippen LogP contribution in [-0.2, 0) is 0 Å². The second kappa shape index (κ2) is 3.67. The minimum atomic E-state index is 0.337. The molecule has 1 aromatic rings. The minimum absolute atomic E-state index is 0.337. The van der Waals surface area contributed by atoms with E-state index in [-0.39, 0.29) is 0 Å². The average molecular weight is 334 g/mol. The molecule has 0 amide bonds. The van der Waals surface area contributed by atoms with Crippen LogP contribution in [0, 0.1) is 5.92 Å². The van der Waals surface area contributed by atoms with Crippen LogP contribution in [0.5, 0.6) is 11.5 Å². The number of benzene rings is 1. The van der Waals surface area contributed by atoms with Crippen LogP contribution in [0.15, 0.2) is 16.6 Å². The van der Waals surface area contributed by atoms with Crippen LogP contribution in [0.1, 0.15) is 17.9 Å². The topological polar surface area (TPSA) is 18.5 Å². The van der Waals surface area contributed by atoms with Gasteiger partial charge < -0.3 is 9.47 Å². The summed E-state index contributed by atoms with van der Waals surface area (Å²) >= 11 is 7.05. The average Bonchev–Trinajstić information content (AvgIpc) is 2.88. The van der Waals surface area contributed by atoms with E-state index in [1.54, 1.807) is 0 Å². The molecule has 2 unspecified atom stereocenters. The Labute approximate surface area is 105 Å². The van der Waals surface area contributed by atoms with Crippen molar-refractivity contribution in [2.45, 2.75) is 12.3 Å². The van der Waals surface area contributed by atoms with E-state index in [0.717, 1.165) is 27.2 Å². The van der Waals surface area contributed by atoms with Crippen molar-refractivity contribution in [2.24, 2.45) is 5.92 Å². The van der Waals surface area contributed by atoms with Crippen molar-refractivity contribution in [1.29, 1.82) is 0 Å². The number of rotatable bonds is 2. The van der Waals surface area contributed by atoms with E-state index in [1.807, 2.05) is 0 Å². The molecule has 2 aliphatic rings. The van der Waals surface area contributed by atoms with E-state index in [1.165, 1.54) is 12.0 Å². The fourth-order valence-electron chi connectivity index (χ4n) is 2.03. The molecule has 2 nitrogen and oxygen atoms in total. The summed E-state index contributed by atoms with van der Waals surface area (Å²) in [5.74, 6) is 3.20. The highest BCUT2D eigenvalue weighted by Crippen LogP contribution is 2.51. The maximum Gasteiger partial charge on any atom is 0.231 e. The molecule has 1 aliphatic heterocycles. The number of hydrogen-bond acceptors (Lipinski definition) is 2. The van der Waals surface area contributed by atoms with Crippen molar-refractivity contribution >= 4 is 31.9 Å². The number of alkyl halides is 1. The van der Waals surface area contributed by atoms with Crippen molar-refractivity contribution in [3.8, 4) is 11.5 Å². The van der Waals surface area contributed by atoms with Crippen molar-refractivity contribution in [1.82, 2.24) is 0 Å². The zero-order valence-corrected chi connectivity index (χ0v) is 11.2. The van der Waals surface area contributed by atoms with Crippen LogP contribution in [0.3, 0.4) is 0 Å². The van der Waals surface area contributed by atoms with E-state index in [2.05, 4.69) is 44.0 Å². The quantitative estimate of drug-likeness (QED) is 0.769. The minimum Gasteiger partial charge on any atom is -0.454 e. The molecule has 0 saturated heterocycles. The highest BCUT2D eigenvalue weighted by atomic mass is 79.9. The van der Waals surface area contributed by atoms with Gasteiger partial charge in [0.2, 0.25) is 6.79 Å². The third kappa shape index (κ3) is 1.68. The van der Waals surface area contributed by atoms with E-state index in [9.17, 15) is 0 Å². The molecule has 4 heteroatoms. The number of halogens is 2. The first-order valence-electron chi connectivity index (χ1n) is 4.94. The van der Waals surface area contributed by atoms with Gasteiger partial charge >= 0.3 is 0 Å². The summed E-state index contributed by atoms with van der Waals surface area (Å²) in [7, 11) is 0. The van der Waals surface area contributed by atoms with Gasteiger partial charge in [-0.2, -0.15) is 0 Å². The predicted molar refractivity (Wildman–Crippen MR) is 64.9 cm³/mol. The monoisotopic (exact) mass is 332 g/mol. The Morgan fingerprint density at radius 3 is 2.93 bits per heavy atom. The molecule has 0 aromatic heterocycles. The van der Waals surface area contributed by atoms with E-state index >= 15 is 0 Å². The highest BCUT2D eigenvalue weighted by Gasteiger charge is 2.38. The molecule has 1 aromatic carbocycles. The normalized spacial score (nSPS) is 26.8. The molecule has 15 heavy (non-hydrogen) atoms. The molecule has 1 heterocycles. The summed E-state index contributed by atoms with van der Waals surface area (Å²) in [6, 6.07) is 4.27. The predicted octanol–water partition coefficient (Wildman–Crippen LogP) is 3.68. The smallest absolute Gasteiger partial charge is 0.231 e. The lowest BCUT2D eigenvalue weighted by atomic mass is 10.1. The fraction of sp³-hybridized carbons (Fsp3) is 0.455. The maximum atomic E-state index is 5.40. The van der Waals surface area contributed by atoms with Gasteiger partial charge in [-0.25, -0.2) is 0 Å². The molecule has 1 saturated carbocycles. The zero-order chi connectivity index (χ0) is 10.4. The van der Waals surface area contributed by atoms with Gasteiger partial charge in [-0.05, 0) is 51.9 Å². The summed E-state index contributed by atoms with van der Waals surface area (Å²) in [5, 5.41) is 1.09. The number of hydrogen-bond donors (Lipinski definition) is 0. The lowest BCUT2D eigenvalue weighted by molar-refractivity contribution is 0.173. The number of ether oxygens (including phenoxy) is 2. The third-order valence-electron chi connectivity index (χ3n) is 3.00. The van der Waals surface area contributed by atoms with Gasteiger partial charge in [0.05, 0.1) is 4.47 Å². The van der Waals surface area contributed by atoms with Gasteiger partial charge in [-0.1, -0.05) is 15.9 Å². The van der Waals surface area contributed by atoms with E-state index in [0.29, 0.717) is 12.7 Å². The summed E-state index contributed by atoms with van der Waals surface area (Å²) in [5.41, 5.74) is 1.36. The standard InChI is InChI=1S/C11H10Br2O2/c12-4-7-1-8(7)6-2-9(13)11-10(3-6)14-5-15-11/h2-3,7-8H,1,4-5H2. The molecule has 0 N–H and O–H groups in total. The Kier molecular flexibility index (Phi) is 2.44. The third-order valence-corrected chi connectivity index (χ3v) is 4.42. The fourth-order valence-corrected chi connectivity index (χ4v) is 3.32. The largest absolute Gasteiger partial charge is 0.454 e. The molecule has 1 aliphatic carbocycles. The Hall–Kier alpha value is -0.220. The van der Waals surface area contributed by atoms with Gasteiger partial charge in [0.1, 0.15) is 0 Å². The van der Waals surface area contributed by atoms with Crippen molar-refractivity contribution in [3.63, 3.8) is 0 Å². The SMILES string of the molecule is BrCC1CC1c1cc(Br)c2c(c1)OCO2. The van der Waals surface area contributed by atoms with Gasteiger partial charge in [-0.15, -0.1) is 0 Å². The summed E-state index contributed by atoms with van der Waals surface area (Å²) in [6.07, 6.45) is 1.28. The molecule has 0 radical (unpaired) electrons. The Balaban J connectivity index is 1.94. The van der Waals surface area contributed by atoms with Crippen molar-refractivity contribution in [3.05, 3.63) is 22.2 Å². The Morgan fingerprint density at radius 2 is 2.20 bits per heavy atom. The van der Waals surface area contributed by atoms with Crippen molar-refractivity contribution in [2.75, 3.05) is 12.1 Å². The van der Waals surface area contributed by atoms with Gasteiger partial charge in [-0.3, -0.25) is 0 Å². The molecule has 0 bridgehead atoms. The van der Waals surface area contributed by atoms with E-state index < -0.39 is 0 Å². The first-order valence-corrected chi connectivity index (χ1v) is 6.86. The first kappa shape index (κ1) is 9.97. The molecule has 80 valence electrons. The summed E-state index contributed by atoms with van der Waals surface area (Å²) < 4.78 is 11.8. The van der Waals surface area contributed by atoms with Crippen molar-refractivity contribution < 1.29 is 9.47 Å². The van der Waals surface area contributed by atoms with Gasteiger partial charge in [0, 0.05) is 5.33 Å². The van der Waals surface area contributed by atoms with Crippen LogP contribution in [0.4, 0.5) is 0 Å². The molecule has 1 fully saturated rings. The summed E-state index contributed by atoms with van der Waals surface area (Å²) in [4.78, 5) is 0.